The number of ether oxygens (including phenoxy) is 5. The monoisotopic (exact) mass is 855 g/mol. The predicted octanol–water partition coefficient (Wildman–Crippen LogP) is 9.46. The molecule has 1 heterocycles. The molecular weight excluding hydrogens is 769 g/mol. The van der Waals surface area contributed by atoms with Crippen LogP contribution in [0.2, 0.25) is 0 Å². The third-order valence-corrected chi connectivity index (χ3v) is 13.8. The number of hydrogen-bond acceptors (Lipinski definition) is 12. The van der Waals surface area contributed by atoms with E-state index in [9.17, 15) is 34.2 Å². The topological polar surface area (TPSA) is 172 Å². The van der Waals surface area contributed by atoms with Gasteiger partial charge in [-0.05, 0) is 123 Å². The highest BCUT2D eigenvalue weighted by Crippen LogP contribution is 2.64. The van der Waals surface area contributed by atoms with Crippen LogP contribution in [0.5, 0.6) is 0 Å². The average molecular weight is 855 g/mol. The molecule has 0 aromatic carbocycles. The minimum absolute atomic E-state index is 0. The van der Waals surface area contributed by atoms with E-state index >= 15 is 0 Å². The Labute approximate surface area is 363 Å². The maximum absolute atomic E-state index is 14.4. The van der Waals surface area contributed by atoms with Gasteiger partial charge in [-0.3, -0.25) is 19.2 Å². The van der Waals surface area contributed by atoms with E-state index in [1.807, 2.05) is 27.7 Å². The third-order valence-electron chi connectivity index (χ3n) is 13.8. The Morgan fingerprint density at radius 3 is 1.70 bits per heavy atom. The van der Waals surface area contributed by atoms with Crippen LogP contribution in [0.15, 0.2) is 0 Å². The molecule has 8 bridgehead atoms. The van der Waals surface area contributed by atoms with Crippen molar-refractivity contribution in [2.24, 2.45) is 40.9 Å². The van der Waals surface area contributed by atoms with Crippen LogP contribution in [0, 0.1) is 40.9 Å². The summed E-state index contributed by atoms with van der Waals surface area (Å²) in [6, 6.07) is 0. The lowest BCUT2D eigenvalue weighted by Gasteiger charge is -2.62. The van der Waals surface area contributed by atoms with Crippen molar-refractivity contribution in [1.82, 2.24) is 0 Å². The van der Waals surface area contributed by atoms with Crippen LogP contribution in [0.1, 0.15) is 196 Å². The molecule has 1 aliphatic heterocycles. The number of carbonyl (C=O) groups excluding carboxylic acids is 5. The molecule has 8 unspecified atom stereocenters. The molecule has 9 aliphatic rings. The first kappa shape index (κ1) is 55.3. The van der Waals surface area contributed by atoms with Crippen molar-refractivity contribution in [3.8, 4) is 0 Å². The Kier molecular flexibility index (Phi) is 17.1. The average Bonchev–Trinajstić information content (AvgIpc) is 3.25. The summed E-state index contributed by atoms with van der Waals surface area (Å²) in [7, 11) is 0. The normalized spacial score (nSPS) is 37.3. The molecule has 12 heteroatoms. The van der Waals surface area contributed by atoms with Crippen molar-refractivity contribution in [3.63, 3.8) is 0 Å². The maximum atomic E-state index is 14.4. The highest BCUT2D eigenvalue weighted by atomic mass is 16.6. The standard InChI is InChI=1S/C42H62O12.6CH4/c1-8-28(32(44)52-41-16-25-10-26(17-41)13-38(12-25,20-41)35(47)54-36(3,4)5)11-29(9-24(2)31(43)50-30-19-37(6,7)51-34(30)46)33(45)53-42-18-27-14-39(48,22-42)21-40(49,15-27)23-42;;;;;;/h24-30,48-49H,8-23H2,1-7H3;6*1H4. The van der Waals surface area contributed by atoms with E-state index in [2.05, 4.69) is 0 Å². The molecule has 0 radical (unpaired) electrons. The van der Waals surface area contributed by atoms with Crippen LogP contribution in [0.25, 0.3) is 0 Å². The summed E-state index contributed by atoms with van der Waals surface area (Å²) < 4.78 is 29.7. The molecule has 9 fully saturated rings. The lowest BCUT2D eigenvalue weighted by atomic mass is 9.48. The number of hydrogen-bond donors (Lipinski definition) is 2. The van der Waals surface area contributed by atoms with Gasteiger partial charge >= 0.3 is 29.8 Å². The molecule has 1 saturated heterocycles. The number of aliphatic hydroxyl groups is 2. The Hall–Kier alpha value is -2.73. The number of carbonyl (C=O) groups is 5. The van der Waals surface area contributed by atoms with Gasteiger partial charge in [0.1, 0.15) is 22.4 Å². The van der Waals surface area contributed by atoms with E-state index in [1.165, 1.54) is 0 Å². The van der Waals surface area contributed by atoms with Crippen molar-refractivity contribution in [1.29, 1.82) is 0 Å². The molecule has 60 heavy (non-hydrogen) atoms. The van der Waals surface area contributed by atoms with Gasteiger partial charge in [-0.2, -0.15) is 0 Å². The summed E-state index contributed by atoms with van der Waals surface area (Å²) in [6.45, 7) is 12.6. The summed E-state index contributed by atoms with van der Waals surface area (Å²) in [5, 5.41) is 22.7. The number of rotatable bonds is 12. The van der Waals surface area contributed by atoms with Crippen molar-refractivity contribution in [2.45, 2.75) is 235 Å². The summed E-state index contributed by atoms with van der Waals surface area (Å²) in [5.41, 5.74) is -6.14. The summed E-state index contributed by atoms with van der Waals surface area (Å²) in [6.07, 6.45) is 6.27. The molecule has 8 saturated carbocycles. The molecule has 8 atom stereocenters. The molecule has 2 N–H and O–H groups in total. The molecule has 12 nitrogen and oxygen atoms in total. The second-order valence-corrected chi connectivity index (χ2v) is 20.9. The Bertz CT molecular complexity index is 1530. The SMILES string of the molecule is C.C.C.C.C.C.CCC(CC(CC(C)C(=O)OC1CC(C)(C)OC1=O)C(=O)OC12CC3CC(O)(CC(O)(C3)C1)C2)C(=O)OC12CC3CC(C1)CC(C(=O)OC(C)(C)C)(C3)C2. The van der Waals surface area contributed by atoms with Gasteiger partial charge in [-0.15, -0.1) is 0 Å². The van der Waals surface area contributed by atoms with Gasteiger partial charge in [0.2, 0.25) is 6.10 Å². The zero-order valence-corrected chi connectivity index (χ0v) is 33.3. The van der Waals surface area contributed by atoms with E-state index in [-0.39, 0.29) is 107 Å². The largest absolute Gasteiger partial charge is 0.460 e. The van der Waals surface area contributed by atoms with Crippen LogP contribution >= 0.6 is 0 Å². The molecule has 9 rings (SSSR count). The predicted molar refractivity (Wildman–Crippen MR) is 232 cm³/mol. The second kappa shape index (κ2) is 18.5. The van der Waals surface area contributed by atoms with E-state index < -0.39 is 86.8 Å². The fourth-order valence-electron chi connectivity index (χ4n) is 12.7. The molecule has 0 amide bonds. The van der Waals surface area contributed by atoms with Crippen LogP contribution in [0.4, 0.5) is 0 Å². The highest BCUT2D eigenvalue weighted by Gasteiger charge is 2.66. The van der Waals surface area contributed by atoms with Gasteiger partial charge in [0, 0.05) is 32.1 Å². The first-order chi connectivity index (χ1) is 24.9. The lowest BCUT2D eigenvalue weighted by Crippen LogP contribution is -2.67. The first-order valence-corrected chi connectivity index (χ1v) is 20.5. The van der Waals surface area contributed by atoms with Gasteiger partial charge in [-0.25, -0.2) is 4.79 Å². The molecule has 0 spiro atoms. The fraction of sp³-hybridized carbons (Fsp3) is 0.896. The fourth-order valence-corrected chi connectivity index (χ4v) is 12.7. The van der Waals surface area contributed by atoms with Crippen LogP contribution in [0.3, 0.4) is 0 Å². The minimum Gasteiger partial charge on any atom is -0.460 e. The van der Waals surface area contributed by atoms with E-state index in [1.54, 1.807) is 20.8 Å². The molecule has 350 valence electrons. The van der Waals surface area contributed by atoms with Crippen LogP contribution < -0.4 is 0 Å². The van der Waals surface area contributed by atoms with Gasteiger partial charge in [0.05, 0.1) is 34.4 Å². The van der Waals surface area contributed by atoms with Gasteiger partial charge in [0.25, 0.3) is 0 Å². The zero-order valence-electron chi connectivity index (χ0n) is 33.3. The van der Waals surface area contributed by atoms with E-state index in [4.69, 9.17) is 23.7 Å². The van der Waals surface area contributed by atoms with Gasteiger partial charge in [0.15, 0.2) is 0 Å². The van der Waals surface area contributed by atoms with Crippen LogP contribution in [-0.4, -0.2) is 79.8 Å². The number of esters is 5. The second-order valence-electron chi connectivity index (χ2n) is 20.9. The van der Waals surface area contributed by atoms with Crippen LogP contribution in [-0.2, 0) is 47.7 Å². The van der Waals surface area contributed by atoms with Crippen molar-refractivity contribution in [2.75, 3.05) is 0 Å². The first-order valence-electron chi connectivity index (χ1n) is 20.5. The zero-order chi connectivity index (χ0) is 39.3. The van der Waals surface area contributed by atoms with Gasteiger partial charge < -0.3 is 33.9 Å². The Morgan fingerprint density at radius 2 is 1.22 bits per heavy atom. The molecular formula is C48H86O12. The van der Waals surface area contributed by atoms with Crippen molar-refractivity contribution < 1.29 is 57.9 Å². The van der Waals surface area contributed by atoms with E-state index in [0.29, 0.717) is 44.9 Å². The van der Waals surface area contributed by atoms with Crippen molar-refractivity contribution >= 4 is 29.8 Å². The smallest absolute Gasteiger partial charge is 0.348 e. The molecule has 0 aromatic rings. The molecule has 8 aliphatic carbocycles. The molecule has 0 aromatic heterocycles. The van der Waals surface area contributed by atoms with Gasteiger partial charge in [-0.1, -0.05) is 58.4 Å². The third kappa shape index (κ3) is 11.1. The maximum Gasteiger partial charge on any atom is 0.348 e. The highest BCUT2D eigenvalue weighted by molar-refractivity contribution is 5.83. The Morgan fingerprint density at radius 1 is 0.700 bits per heavy atom. The van der Waals surface area contributed by atoms with E-state index in [0.717, 1.165) is 19.3 Å². The summed E-state index contributed by atoms with van der Waals surface area (Å²) in [4.78, 5) is 68.1. The summed E-state index contributed by atoms with van der Waals surface area (Å²) >= 11 is 0. The minimum atomic E-state index is -1.12. The quantitative estimate of drug-likeness (QED) is 0.141. The number of cyclic esters (lactones) is 1. The summed E-state index contributed by atoms with van der Waals surface area (Å²) in [5.74, 6) is -4.40. The Balaban J connectivity index is 0.00000300. The van der Waals surface area contributed by atoms with Crippen molar-refractivity contribution in [3.05, 3.63) is 0 Å². The lowest BCUT2D eigenvalue weighted by molar-refractivity contribution is -0.263.